The van der Waals surface area contributed by atoms with E-state index in [4.69, 9.17) is 0 Å². The normalized spacial score (nSPS) is 25.8. The molecule has 3 amide bonds. The molecule has 2 aliphatic carbocycles. The average molecular weight is 323 g/mol. The van der Waals surface area contributed by atoms with Gasteiger partial charge in [0.25, 0.3) is 0 Å². The van der Waals surface area contributed by atoms with Gasteiger partial charge in [0.15, 0.2) is 0 Å². The van der Waals surface area contributed by atoms with E-state index in [0.717, 1.165) is 32.1 Å². The van der Waals surface area contributed by atoms with Crippen LogP contribution in [0.4, 0.5) is 4.79 Å². The molecule has 0 aromatic heterocycles. The Labute approximate surface area is 140 Å². The van der Waals surface area contributed by atoms with Crippen molar-refractivity contribution in [2.75, 3.05) is 6.54 Å². The lowest BCUT2D eigenvalue weighted by atomic mass is 9.86. The smallest absolute Gasteiger partial charge is 0.321 e. The molecule has 0 aromatic rings. The minimum absolute atomic E-state index is 0.188. The second-order valence-corrected chi connectivity index (χ2v) is 7.59. The molecular formula is C18H33N3O2. The van der Waals surface area contributed by atoms with Crippen molar-refractivity contribution < 1.29 is 9.59 Å². The summed E-state index contributed by atoms with van der Waals surface area (Å²) >= 11 is 0. The van der Waals surface area contributed by atoms with Crippen LogP contribution in [-0.2, 0) is 4.79 Å². The van der Waals surface area contributed by atoms with Crippen LogP contribution in [0.3, 0.4) is 0 Å². The van der Waals surface area contributed by atoms with Gasteiger partial charge in [-0.05, 0) is 45.4 Å². The Hall–Kier alpha value is -1.10. The van der Waals surface area contributed by atoms with Gasteiger partial charge in [0.05, 0.1) is 6.54 Å². The highest BCUT2D eigenvalue weighted by molar-refractivity contribution is 5.95. The van der Waals surface area contributed by atoms with Crippen LogP contribution in [0.5, 0.6) is 0 Å². The number of nitrogens with zero attached hydrogens (tertiary/aromatic N) is 1. The second kappa shape index (κ2) is 8.67. The van der Waals surface area contributed by atoms with E-state index in [1.165, 1.54) is 19.3 Å². The molecule has 5 heteroatoms. The monoisotopic (exact) mass is 323 g/mol. The Morgan fingerprint density at radius 3 is 2.26 bits per heavy atom. The van der Waals surface area contributed by atoms with Gasteiger partial charge < -0.3 is 5.32 Å². The Morgan fingerprint density at radius 2 is 1.65 bits per heavy atom. The number of imide groups is 1. The quantitative estimate of drug-likeness (QED) is 0.817. The van der Waals surface area contributed by atoms with Gasteiger partial charge >= 0.3 is 6.03 Å². The van der Waals surface area contributed by atoms with Gasteiger partial charge in [0.1, 0.15) is 0 Å². The first-order valence-corrected chi connectivity index (χ1v) is 9.33. The topological polar surface area (TPSA) is 61.4 Å². The Bertz CT molecular complexity index is 405. The first-order valence-electron chi connectivity index (χ1n) is 9.33. The van der Waals surface area contributed by atoms with Crippen molar-refractivity contribution in [2.45, 2.75) is 90.3 Å². The first-order chi connectivity index (χ1) is 11.0. The Balaban J connectivity index is 1.79. The summed E-state index contributed by atoms with van der Waals surface area (Å²) in [5.41, 5.74) is 0. The fourth-order valence-electron chi connectivity index (χ4n) is 4.04. The van der Waals surface area contributed by atoms with Gasteiger partial charge in [-0.1, -0.05) is 32.6 Å². The summed E-state index contributed by atoms with van der Waals surface area (Å²) in [4.78, 5) is 26.5. The third-order valence-electron chi connectivity index (χ3n) is 5.46. The zero-order valence-corrected chi connectivity index (χ0v) is 14.9. The molecule has 0 radical (unpaired) electrons. The maximum Gasteiger partial charge on any atom is 0.321 e. The Morgan fingerprint density at radius 1 is 1.04 bits per heavy atom. The highest BCUT2D eigenvalue weighted by Gasteiger charge is 2.27. The number of carbonyl (C=O) groups is 2. The average Bonchev–Trinajstić information content (AvgIpc) is 3.00. The van der Waals surface area contributed by atoms with Gasteiger partial charge in [-0.15, -0.1) is 0 Å². The highest BCUT2D eigenvalue weighted by Crippen LogP contribution is 2.25. The van der Waals surface area contributed by atoms with Gasteiger partial charge in [0, 0.05) is 18.1 Å². The molecule has 0 saturated heterocycles. The van der Waals surface area contributed by atoms with Crippen LogP contribution in [0.15, 0.2) is 0 Å². The zero-order chi connectivity index (χ0) is 16.8. The van der Waals surface area contributed by atoms with Crippen molar-refractivity contribution in [3.63, 3.8) is 0 Å². The lowest BCUT2D eigenvalue weighted by Gasteiger charge is -2.32. The number of amides is 3. The SMILES string of the molecule is CC1CCCCC1NC(=O)NC(=O)CN(C(C)C)C1CCCC1. The van der Waals surface area contributed by atoms with Crippen molar-refractivity contribution in [3.8, 4) is 0 Å². The lowest BCUT2D eigenvalue weighted by molar-refractivity contribution is -0.122. The van der Waals surface area contributed by atoms with Gasteiger partial charge in [0.2, 0.25) is 5.91 Å². The molecule has 2 unspecified atom stereocenters. The molecule has 2 rings (SSSR count). The molecule has 2 aliphatic rings. The number of hydrogen-bond acceptors (Lipinski definition) is 3. The van der Waals surface area contributed by atoms with Crippen molar-refractivity contribution in [2.24, 2.45) is 5.92 Å². The van der Waals surface area contributed by atoms with Crippen LogP contribution in [0.25, 0.3) is 0 Å². The van der Waals surface area contributed by atoms with E-state index < -0.39 is 0 Å². The maximum atomic E-state index is 12.2. The first kappa shape index (κ1) is 18.2. The van der Waals surface area contributed by atoms with Crippen molar-refractivity contribution in [1.29, 1.82) is 0 Å². The minimum atomic E-state index is -0.330. The summed E-state index contributed by atoms with van der Waals surface area (Å²) in [5.74, 6) is 0.307. The standard InChI is InChI=1S/C18H33N3O2/c1-13(2)21(15-9-5-6-10-15)12-17(22)20-18(23)19-16-11-7-4-8-14(16)3/h13-16H,4-12H2,1-3H3,(H2,19,20,22,23). The summed E-state index contributed by atoms with van der Waals surface area (Å²) < 4.78 is 0. The van der Waals surface area contributed by atoms with E-state index >= 15 is 0 Å². The lowest BCUT2D eigenvalue weighted by Crippen LogP contribution is -2.51. The van der Waals surface area contributed by atoms with Crippen LogP contribution in [0, 0.1) is 5.92 Å². The van der Waals surface area contributed by atoms with Gasteiger partial charge in [-0.2, -0.15) is 0 Å². The molecule has 132 valence electrons. The number of hydrogen-bond donors (Lipinski definition) is 2. The molecule has 2 atom stereocenters. The number of nitrogens with one attached hydrogen (secondary N) is 2. The predicted molar refractivity (Wildman–Crippen MR) is 92.2 cm³/mol. The third kappa shape index (κ3) is 5.48. The zero-order valence-electron chi connectivity index (χ0n) is 14.9. The highest BCUT2D eigenvalue weighted by atomic mass is 16.2. The number of rotatable bonds is 5. The molecule has 0 bridgehead atoms. The van der Waals surface area contributed by atoms with E-state index in [-0.39, 0.29) is 18.0 Å². The summed E-state index contributed by atoms with van der Waals surface area (Å²) in [5, 5.41) is 5.51. The second-order valence-electron chi connectivity index (χ2n) is 7.59. The Kier molecular flexibility index (Phi) is 6.88. The minimum Gasteiger partial charge on any atom is -0.335 e. The summed E-state index contributed by atoms with van der Waals surface area (Å²) in [6.45, 7) is 6.73. The molecule has 2 fully saturated rings. The molecule has 0 aliphatic heterocycles. The van der Waals surface area contributed by atoms with E-state index in [9.17, 15) is 9.59 Å². The summed E-state index contributed by atoms with van der Waals surface area (Å²) in [6.07, 6.45) is 9.39. The maximum absolute atomic E-state index is 12.2. The number of carbonyl (C=O) groups excluding carboxylic acids is 2. The van der Waals surface area contributed by atoms with Crippen LogP contribution in [-0.4, -0.2) is 41.5 Å². The van der Waals surface area contributed by atoms with Crippen LogP contribution >= 0.6 is 0 Å². The fraction of sp³-hybridized carbons (Fsp3) is 0.889. The molecule has 23 heavy (non-hydrogen) atoms. The van der Waals surface area contributed by atoms with Crippen molar-refractivity contribution in [1.82, 2.24) is 15.5 Å². The molecule has 0 aromatic carbocycles. The summed E-state index contributed by atoms with van der Waals surface area (Å²) in [6, 6.07) is 0.684. The molecule has 0 heterocycles. The molecule has 0 spiro atoms. The van der Waals surface area contributed by atoms with E-state index in [1.807, 2.05) is 0 Å². The van der Waals surface area contributed by atoms with Crippen LogP contribution in [0.1, 0.15) is 72.1 Å². The largest absolute Gasteiger partial charge is 0.335 e. The van der Waals surface area contributed by atoms with Gasteiger partial charge in [-0.3, -0.25) is 15.0 Å². The molecule has 2 N–H and O–H groups in total. The molecule has 5 nitrogen and oxygen atoms in total. The van der Waals surface area contributed by atoms with Crippen molar-refractivity contribution in [3.05, 3.63) is 0 Å². The molecular weight excluding hydrogens is 290 g/mol. The molecule has 2 saturated carbocycles. The van der Waals surface area contributed by atoms with Crippen LogP contribution < -0.4 is 10.6 Å². The predicted octanol–water partition coefficient (Wildman–Crippen LogP) is 3.04. The van der Waals surface area contributed by atoms with E-state index in [2.05, 4.69) is 36.3 Å². The van der Waals surface area contributed by atoms with E-state index in [1.54, 1.807) is 0 Å². The summed E-state index contributed by atoms with van der Waals surface area (Å²) in [7, 11) is 0. The fourth-order valence-corrected chi connectivity index (χ4v) is 4.04. The third-order valence-corrected chi connectivity index (χ3v) is 5.46. The van der Waals surface area contributed by atoms with E-state index in [0.29, 0.717) is 24.5 Å². The van der Waals surface area contributed by atoms with Crippen molar-refractivity contribution >= 4 is 11.9 Å². The van der Waals surface area contributed by atoms with Gasteiger partial charge in [-0.25, -0.2) is 4.79 Å². The van der Waals surface area contributed by atoms with Crippen LogP contribution in [0.2, 0.25) is 0 Å². The number of urea groups is 1.